The van der Waals surface area contributed by atoms with Gasteiger partial charge in [-0.05, 0) is 38.0 Å². The Labute approximate surface area is 138 Å². The number of benzene rings is 1. The van der Waals surface area contributed by atoms with Gasteiger partial charge in [0.05, 0.1) is 11.0 Å². The predicted octanol–water partition coefficient (Wildman–Crippen LogP) is 0.446. The molecule has 0 aromatic heterocycles. The first kappa shape index (κ1) is 16.4. The Morgan fingerprint density at radius 3 is 2.54 bits per heavy atom. The number of carbonyl (C=O) groups is 3. The standard InChI is InChI=1S/C15H16N2O6S/c1-2-17-13(19)10-4-3-9(7-11(10)24(17,22)23)12(18)16-8-15(5-6-15)14(20)21/h3-4,7H,2,5-6,8H2,1H3,(H,16,18)(H,20,21). The van der Waals surface area contributed by atoms with Gasteiger partial charge in [-0.15, -0.1) is 0 Å². The lowest BCUT2D eigenvalue weighted by atomic mass is 10.1. The van der Waals surface area contributed by atoms with Gasteiger partial charge in [0.15, 0.2) is 0 Å². The second-order valence-corrected chi connectivity index (χ2v) is 7.78. The van der Waals surface area contributed by atoms with Crippen LogP contribution in [0.25, 0.3) is 0 Å². The number of nitrogens with one attached hydrogen (secondary N) is 1. The van der Waals surface area contributed by atoms with Crippen molar-refractivity contribution >= 4 is 27.8 Å². The molecule has 2 amide bonds. The highest BCUT2D eigenvalue weighted by Gasteiger charge is 2.50. The lowest BCUT2D eigenvalue weighted by Gasteiger charge is -2.12. The molecule has 0 radical (unpaired) electrons. The van der Waals surface area contributed by atoms with Crippen molar-refractivity contribution in [1.29, 1.82) is 0 Å². The minimum Gasteiger partial charge on any atom is -0.481 e. The maximum absolute atomic E-state index is 12.3. The quantitative estimate of drug-likeness (QED) is 0.793. The molecule has 1 saturated carbocycles. The largest absolute Gasteiger partial charge is 0.481 e. The van der Waals surface area contributed by atoms with Crippen molar-refractivity contribution < 1.29 is 27.9 Å². The molecule has 0 atom stereocenters. The van der Waals surface area contributed by atoms with Gasteiger partial charge in [0.2, 0.25) is 0 Å². The summed E-state index contributed by atoms with van der Waals surface area (Å²) in [4.78, 5) is 35.1. The summed E-state index contributed by atoms with van der Waals surface area (Å²) in [5.41, 5.74) is -0.796. The molecule has 2 N–H and O–H groups in total. The topological polar surface area (TPSA) is 121 Å². The minimum atomic E-state index is -3.94. The van der Waals surface area contributed by atoms with E-state index in [1.165, 1.54) is 12.1 Å². The first-order valence-corrected chi connectivity index (χ1v) is 8.90. The van der Waals surface area contributed by atoms with Gasteiger partial charge < -0.3 is 10.4 Å². The highest BCUT2D eigenvalue weighted by molar-refractivity contribution is 7.90. The lowest BCUT2D eigenvalue weighted by Crippen LogP contribution is -2.34. The van der Waals surface area contributed by atoms with Crippen LogP contribution in [-0.4, -0.2) is 48.7 Å². The van der Waals surface area contributed by atoms with Crippen LogP contribution in [0, 0.1) is 5.41 Å². The number of rotatable bonds is 5. The molecule has 0 saturated heterocycles. The number of fused-ring (bicyclic) bond motifs is 1. The van der Waals surface area contributed by atoms with E-state index >= 15 is 0 Å². The number of amides is 2. The molecule has 0 bridgehead atoms. The van der Waals surface area contributed by atoms with Gasteiger partial charge in [0.1, 0.15) is 4.90 Å². The molecule has 1 aliphatic heterocycles. The number of carbonyl (C=O) groups excluding carboxylic acids is 2. The lowest BCUT2D eigenvalue weighted by molar-refractivity contribution is -0.143. The van der Waals surface area contributed by atoms with E-state index in [1.54, 1.807) is 6.92 Å². The van der Waals surface area contributed by atoms with E-state index in [1.807, 2.05) is 0 Å². The van der Waals surface area contributed by atoms with Crippen LogP contribution in [-0.2, 0) is 14.8 Å². The van der Waals surface area contributed by atoms with E-state index in [0.717, 1.165) is 10.4 Å². The van der Waals surface area contributed by atoms with E-state index in [0.29, 0.717) is 12.8 Å². The fourth-order valence-electron chi connectivity index (χ4n) is 2.70. The normalized spacial score (nSPS) is 19.7. The van der Waals surface area contributed by atoms with Gasteiger partial charge in [-0.1, -0.05) is 0 Å². The summed E-state index contributed by atoms with van der Waals surface area (Å²) in [5.74, 6) is -2.13. The van der Waals surface area contributed by atoms with Crippen molar-refractivity contribution in [2.24, 2.45) is 5.41 Å². The fraction of sp³-hybridized carbons (Fsp3) is 0.400. The Balaban J connectivity index is 1.84. The molecule has 1 aromatic rings. The molecule has 1 fully saturated rings. The first-order valence-electron chi connectivity index (χ1n) is 7.46. The average Bonchev–Trinajstić information content (AvgIpc) is 3.30. The van der Waals surface area contributed by atoms with E-state index < -0.39 is 33.2 Å². The number of hydrogen-bond acceptors (Lipinski definition) is 5. The molecular weight excluding hydrogens is 336 g/mol. The SMILES string of the molecule is CCN1C(=O)c2ccc(C(=O)NCC3(C(=O)O)CC3)cc2S1(=O)=O. The van der Waals surface area contributed by atoms with Crippen LogP contribution in [0.3, 0.4) is 0 Å². The van der Waals surface area contributed by atoms with Gasteiger partial charge >= 0.3 is 5.97 Å². The van der Waals surface area contributed by atoms with Gasteiger partial charge in [-0.3, -0.25) is 14.4 Å². The van der Waals surface area contributed by atoms with Crippen molar-refractivity contribution in [3.05, 3.63) is 29.3 Å². The van der Waals surface area contributed by atoms with Crippen LogP contribution in [0.4, 0.5) is 0 Å². The molecule has 0 spiro atoms. The molecule has 3 rings (SSSR count). The maximum Gasteiger partial charge on any atom is 0.311 e. The van der Waals surface area contributed by atoms with Crippen LogP contribution in [0.1, 0.15) is 40.5 Å². The van der Waals surface area contributed by atoms with Crippen LogP contribution >= 0.6 is 0 Å². The molecule has 128 valence electrons. The van der Waals surface area contributed by atoms with Gasteiger partial charge in [0, 0.05) is 18.7 Å². The fourth-order valence-corrected chi connectivity index (χ4v) is 4.30. The molecule has 2 aliphatic rings. The number of aliphatic carboxylic acids is 1. The third-order valence-corrected chi connectivity index (χ3v) is 6.35. The van der Waals surface area contributed by atoms with Gasteiger partial charge in [-0.25, -0.2) is 12.7 Å². The summed E-state index contributed by atoms with van der Waals surface area (Å²) in [7, 11) is -3.94. The van der Waals surface area contributed by atoms with Crippen molar-refractivity contribution in [2.45, 2.75) is 24.7 Å². The zero-order valence-electron chi connectivity index (χ0n) is 12.9. The van der Waals surface area contributed by atoms with Gasteiger partial charge in [0.25, 0.3) is 21.8 Å². The summed E-state index contributed by atoms with van der Waals surface area (Å²) in [6.07, 6.45) is 1.00. The number of nitrogens with zero attached hydrogens (tertiary/aromatic N) is 1. The third-order valence-electron chi connectivity index (χ3n) is 4.45. The molecule has 8 nitrogen and oxygen atoms in total. The smallest absolute Gasteiger partial charge is 0.311 e. The average molecular weight is 352 g/mol. The summed E-state index contributed by atoms with van der Waals surface area (Å²) in [6, 6.07) is 3.83. The van der Waals surface area contributed by atoms with Crippen molar-refractivity contribution in [1.82, 2.24) is 9.62 Å². The summed E-state index contributed by atoms with van der Waals surface area (Å²) in [6.45, 7) is 1.56. The Morgan fingerprint density at radius 1 is 1.33 bits per heavy atom. The summed E-state index contributed by atoms with van der Waals surface area (Å²) < 4.78 is 25.4. The van der Waals surface area contributed by atoms with E-state index in [2.05, 4.69) is 5.32 Å². The van der Waals surface area contributed by atoms with E-state index in [9.17, 15) is 22.8 Å². The highest BCUT2D eigenvalue weighted by Crippen LogP contribution is 2.45. The zero-order chi connectivity index (χ0) is 17.7. The Bertz CT molecular complexity index is 857. The van der Waals surface area contributed by atoms with Crippen LogP contribution < -0.4 is 5.32 Å². The molecule has 9 heteroatoms. The summed E-state index contributed by atoms with van der Waals surface area (Å²) in [5, 5.41) is 11.6. The van der Waals surface area contributed by atoms with Crippen LogP contribution in [0.5, 0.6) is 0 Å². The number of carboxylic acids is 1. The minimum absolute atomic E-state index is 0.00891. The Morgan fingerprint density at radius 2 is 2.00 bits per heavy atom. The number of sulfonamides is 1. The van der Waals surface area contributed by atoms with Crippen molar-refractivity contribution in [3.63, 3.8) is 0 Å². The second-order valence-electron chi connectivity index (χ2n) is 5.95. The number of hydrogen-bond donors (Lipinski definition) is 2. The van der Waals surface area contributed by atoms with Crippen LogP contribution in [0.15, 0.2) is 23.1 Å². The number of carboxylic acid groups (broad SMARTS) is 1. The second kappa shape index (κ2) is 5.30. The molecule has 1 aromatic carbocycles. The van der Waals surface area contributed by atoms with Crippen LogP contribution in [0.2, 0.25) is 0 Å². The van der Waals surface area contributed by atoms with Crippen molar-refractivity contribution in [3.8, 4) is 0 Å². The van der Waals surface area contributed by atoms with Crippen molar-refractivity contribution in [2.75, 3.05) is 13.1 Å². The predicted molar refractivity (Wildman–Crippen MR) is 82.0 cm³/mol. The molecule has 0 unspecified atom stereocenters. The highest BCUT2D eigenvalue weighted by atomic mass is 32.2. The van der Waals surface area contributed by atoms with E-state index in [4.69, 9.17) is 5.11 Å². The molecule has 1 aliphatic carbocycles. The summed E-state index contributed by atoms with van der Waals surface area (Å²) >= 11 is 0. The monoisotopic (exact) mass is 352 g/mol. The van der Waals surface area contributed by atoms with Gasteiger partial charge in [-0.2, -0.15) is 0 Å². The zero-order valence-corrected chi connectivity index (χ0v) is 13.7. The Hall–Kier alpha value is -2.42. The molecule has 24 heavy (non-hydrogen) atoms. The first-order chi connectivity index (χ1) is 11.2. The maximum atomic E-state index is 12.3. The van der Waals surface area contributed by atoms with E-state index in [-0.39, 0.29) is 29.1 Å². The molecule has 1 heterocycles. The Kier molecular flexibility index (Phi) is 3.63. The molecular formula is C15H16N2O6S. The third kappa shape index (κ3) is 2.35.